The second-order valence-electron chi connectivity index (χ2n) is 6.43. The Morgan fingerprint density at radius 3 is 2.69 bits per heavy atom. The number of hydrogen-bond donors (Lipinski definition) is 1. The monoisotopic (exact) mass is 390 g/mol. The number of fused-ring (bicyclic) bond motifs is 1. The molecule has 0 bridgehead atoms. The Morgan fingerprint density at radius 2 is 1.92 bits per heavy atom. The smallest absolute Gasteiger partial charge is 0.258 e. The summed E-state index contributed by atoms with van der Waals surface area (Å²) >= 11 is 1.74. The van der Waals surface area contributed by atoms with Crippen molar-refractivity contribution in [2.75, 3.05) is 17.2 Å². The lowest BCUT2D eigenvalue weighted by atomic mass is 10.1. The fraction of sp³-hybridized carbons (Fsp3) is 0.316. The average Bonchev–Trinajstić information content (AvgIpc) is 2.82. The van der Waals surface area contributed by atoms with Crippen molar-refractivity contribution in [3.63, 3.8) is 0 Å². The number of nitrogens with one attached hydrogen (secondary N) is 1. The van der Waals surface area contributed by atoms with Gasteiger partial charge in [0.15, 0.2) is 0 Å². The molecule has 7 heteroatoms. The number of amides is 1. The highest BCUT2D eigenvalue weighted by molar-refractivity contribution is 7.99. The molecule has 1 aliphatic heterocycles. The van der Waals surface area contributed by atoms with Gasteiger partial charge in [-0.3, -0.25) is 4.79 Å². The van der Waals surface area contributed by atoms with Crippen LogP contribution in [-0.2, 0) is 10.0 Å². The van der Waals surface area contributed by atoms with Gasteiger partial charge in [-0.25, -0.2) is 13.1 Å². The van der Waals surface area contributed by atoms with Gasteiger partial charge in [-0.05, 0) is 56.4 Å². The van der Waals surface area contributed by atoms with E-state index in [1.54, 1.807) is 42.6 Å². The van der Waals surface area contributed by atoms with Crippen LogP contribution in [0.3, 0.4) is 0 Å². The highest BCUT2D eigenvalue weighted by Crippen LogP contribution is 2.34. The quantitative estimate of drug-likeness (QED) is 0.867. The van der Waals surface area contributed by atoms with Crippen molar-refractivity contribution in [1.29, 1.82) is 0 Å². The van der Waals surface area contributed by atoms with Crippen molar-refractivity contribution in [3.8, 4) is 0 Å². The van der Waals surface area contributed by atoms with Crippen LogP contribution in [0.5, 0.6) is 0 Å². The highest BCUT2D eigenvalue weighted by atomic mass is 32.2. The number of carbonyl (C=O) groups is 1. The largest absolute Gasteiger partial charge is 0.307 e. The summed E-state index contributed by atoms with van der Waals surface area (Å²) in [6, 6.07) is 13.8. The lowest BCUT2D eigenvalue weighted by Crippen LogP contribution is -2.33. The molecular formula is C19H22N2O3S2. The van der Waals surface area contributed by atoms with E-state index in [-0.39, 0.29) is 16.8 Å². The number of sulfonamides is 1. The van der Waals surface area contributed by atoms with Crippen molar-refractivity contribution < 1.29 is 13.2 Å². The first-order valence-corrected chi connectivity index (χ1v) is 11.0. The maximum absolute atomic E-state index is 13.1. The number of thioether (sulfide) groups is 1. The molecule has 0 aliphatic carbocycles. The molecule has 1 aliphatic rings. The van der Waals surface area contributed by atoms with Crippen LogP contribution in [0.4, 0.5) is 5.69 Å². The van der Waals surface area contributed by atoms with Crippen molar-refractivity contribution in [2.24, 2.45) is 0 Å². The van der Waals surface area contributed by atoms with Crippen LogP contribution in [0, 0.1) is 0 Å². The first-order chi connectivity index (χ1) is 12.4. The van der Waals surface area contributed by atoms with Gasteiger partial charge >= 0.3 is 0 Å². The van der Waals surface area contributed by atoms with Crippen LogP contribution in [0.1, 0.15) is 30.6 Å². The summed E-state index contributed by atoms with van der Waals surface area (Å²) in [6.07, 6.45) is 0.887. The zero-order valence-electron chi connectivity index (χ0n) is 14.8. The van der Waals surface area contributed by atoms with Gasteiger partial charge in [-0.15, -0.1) is 11.8 Å². The molecule has 0 atom stereocenters. The van der Waals surface area contributed by atoms with Gasteiger partial charge in [0.1, 0.15) is 0 Å². The summed E-state index contributed by atoms with van der Waals surface area (Å²) in [5.41, 5.74) is 1.26. The van der Waals surface area contributed by atoms with E-state index >= 15 is 0 Å². The van der Waals surface area contributed by atoms with E-state index in [1.807, 2.05) is 24.3 Å². The summed E-state index contributed by atoms with van der Waals surface area (Å²) in [5.74, 6) is 0.773. The third-order valence-corrected chi connectivity index (χ3v) is 6.77. The summed E-state index contributed by atoms with van der Waals surface area (Å²) in [7, 11) is -3.64. The van der Waals surface area contributed by atoms with Crippen molar-refractivity contribution in [1.82, 2.24) is 4.72 Å². The van der Waals surface area contributed by atoms with Crippen LogP contribution in [0.25, 0.3) is 0 Å². The number of rotatable bonds is 4. The molecule has 2 aromatic carbocycles. The van der Waals surface area contributed by atoms with Gasteiger partial charge in [-0.1, -0.05) is 18.2 Å². The molecule has 0 radical (unpaired) electrons. The Balaban J connectivity index is 1.95. The van der Waals surface area contributed by atoms with Crippen LogP contribution in [-0.4, -0.2) is 32.7 Å². The molecule has 1 heterocycles. The molecule has 3 rings (SSSR count). The fourth-order valence-electron chi connectivity index (χ4n) is 2.87. The minimum absolute atomic E-state index is 0.106. The predicted octanol–water partition coefficient (Wildman–Crippen LogP) is 3.52. The topological polar surface area (TPSA) is 66.5 Å². The Bertz CT molecular complexity index is 911. The van der Waals surface area contributed by atoms with Gasteiger partial charge < -0.3 is 4.90 Å². The van der Waals surface area contributed by atoms with Gasteiger partial charge in [-0.2, -0.15) is 0 Å². The van der Waals surface area contributed by atoms with E-state index in [4.69, 9.17) is 0 Å². The normalized spacial score (nSPS) is 14.8. The molecule has 5 nitrogen and oxygen atoms in total. The molecule has 138 valence electrons. The number of hydrogen-bond acceptors (Lipinski definition) is 4. The van der Waals surface area contributed by atoms with E-state index in [0.717, 1.165) is 22.8 Å². The van der Waals surface area contributed by atoms with E-state index in [0.29, 0.717) is 12.1 Å². The number of nitrogens with zero attached hydrogens (tertiary/aromatic N) is 1. The molecule has 0 saturated carbocycles. The SMILES string of the molecule is CC(C)NS(=O)(=O)c1cccc(C(=O)N2CCCSc3ccccc32)c1. The Kier molecular flexibility index (Phi) is 5.70. The third kappa shape index (κ3) is 4.11. The van der Waals surface area contributed by atoms with Crippen LogP contribution >= 0.6 is 11.8 Å². The van der Waals surface area contributed by atoms with E-state index in [1.165, 1.54) is 12.1 Å². The summed E-state index contributed by atoms with van der Waals surface area (Å²) in [5, 5.41) is 0. The molecule has 26 heavy (non-hydrogen) atoms. The van der Waals surface area contributed by atoms with Gasteiger partial charge in [0, 0.05) is 23.0 Å². The van der Waals surface area contributed by atoms with Crippen molar-refractivity contribution >= 4 is 33.4 Å². The van der Waals surface area contributed by atoms with Gasteiger partial charge in [0.25, 0.3) is 5.91 Å². The standard InChI is InChI=1S/C19H22N2O3S2/c1-14(2)20-26(23,24)16-8-5-7-15(13-16)19(22)21-11-6-12-25-18-10-4-3-9-17(18)21/h3-5,7-10,13-14,20H,6,11-12H2,1-2H3. The Morgan fingerprint density at radius 1 is 1.15 bits per heavy atom. The lowest BCUT2D eigenvalue weighted by Gasteiger charge is -2.23. The molecule has 0 saturated heterocycles. The fourth-order valence-corrected chi connectivity index (χ4v) is 5.16. The Hall–Kier alpha value is -1.83. The van der Waals surface area contributed by atoms with Gasteiger partial charge in [0.05, 0.1) is 10.6 Å². The van der Waals surface area contributed by atoms with E-state index < -0.39 is 10.0 Å². The van der Waals surface area contributed by atoms with Gasteiger partial charge in [0.2, 0.25) is 10.0 Å². The average molecular weight is 391 g/mol. The van der Waals surface area contributed by atoms with Crippen molar-refractivity contribution in [2.45, 2.75) is 36.1 Å². The molecule has 0 aromatic heterocycles. The number of benzene rings is 2. The van der Waals surface area contributed by atoms with E-state index in [9.17, 15) is 13.2 Å². The summed E-state index contributed by atoms with van der Waals surface area (Å²) < 4.78 is 27.4. The molecule has 0 spiro atoms. The highest BCUT2D eigenvalue weighted by Gasteiger charge is 2.24. The molecule has 0 fully saturated rings. The second-order valence-corrected chi connectivity index (χ2v) is 9.28. The first kappa shape index (κ1) is 18.9. The lowest BCUT2D eigenvalue weighted by molar-refractivity contribution is 0.0986. The van der Waals surface area contributed by atoms with Crippen LogP contribution in [0.15, 0.2) is 58.3 Å². The number of anilines is 1. The maximum atomic E-state index is 13.1. The summed E-state index contributed by atoms with van der Waals surface area (Å²) in [6.45, 7) is 4.14. The minimum Gasteiger partial charge on any atom is -0.307 e. The maximum Gasteiger partial charge on any atom is 0.258 e. The zero-order valence-corrected chi connectivity index (χ0v) is 16.4. The van der Waals surface area contributed by atoms with E-state index in [2.05, 4.69) is 4.72 Å². The van der Waals surface area contributed by atoms with Crippen LogP contribution < -0.4 is 9.62 Å². The molecule has 1 N–H and O–H groups in total. The first-order valence-electron chi connectivity index (χ1n) is 8.54. The number of para-hydroxylation sites is 1. The summed E-state index contributed by atoms with van der Waals surface area (Å²) in [4.78, 5) is 16.0. The molecule has 0 unspecified atom stereocenters. The van der Waals surface area contributed by atoms with Crippen LogP contribution in [0.2, 0.25) is 0 Å². The molecule has 1 amide bonds. The predicted molar refractivity (Wildman–Crippen MR) is 105 cm³/mol. The second kappa shape index (κ2) is 7.82. The molecular weight excluding hydrogens is 368 g/mol. The van der Waals surface area contributed by atoms with Crippen molar-refractivity contribution in [3.05, 3.63) is 54.1 Å². The number of carbonyl (C=O) groups excluding carboxylic acids is 1. The Labute approximate surface area is 158 Å². The third-order valence-electron chi connectivity index (χ3n) is 3.97. The zero-order chi connectivity index (χ0) is 18.7. The molecule has 2 aromatic rings. The minimum atomic E-state index is -3.64.